The van der Waals surface area contributed by atoms with Crippen LogP contribution in [0.15, 0.2) is 0 Å². The molecule has 0 amide bonds. The maximum absolute atomic E-state index is 10.1. The molecule has 2 nitrogen and oxygen atoms in total. The first kappa shape index (κ1) is 30.9. The Morgan fingerprint density at radius 2 is 0.581 bits per heavy atom. The SMILES string of the molecule is CCCCCCCCCCCCCCCCCCC[C@H](O)C[C@H](O)CCCCCCC. The Morgan fingerprint density at radius 1 is 0.355 bits per heavy atom. The van der Waals surface area contributed by atoms with Gasteiger partial charge in [0.05, 0.1) is 12.2 Å². The Morgan fingerprint density at radius 3 is 0.839 bits per heavy atom. The summed E-state index contributed by atoms with van der Waals surface area (Å²) < 4.78 is 0. The molecule has 0 radical (unpaired) electrons. The average Bonchev–Trinajstić information content (AvgIpc) is 2.75. The van der Waals surface area contributed by atoms with Gasteiger partial charge in [-0.15, -0.1) is 0 Å². The van der Waals surface area contributed by atoms with Crippen LogP contribution in [-0.2, 0) is 0 Å². The number of unbranched alkanes of at least 4 members (excludes halogenated alkanes) is 20. The van der Waals surface area contributed by atoms with E-state index in [-0.39, 0.29) is 12.2 Å². The van der Waals surface area contributed by atoms with Crippen LogP contribution in [0.2, 0.25) is 0 Å². The van der Waals surface area contributed by atoms with E-state index in [9.17, 15) is 10.2 Å². The first-order valence-electron chi connectivity index (χ1n) is 14.6. The summed E-state index contributed by atoms with van der Waals surface area (Å²) in [5.74, 6) is 0. The predicted octanol–water partition coefficient (Wildman–Crippen LogP) is 9.50. The molecule has 0 spiro atoms. The molecule has 0 fully saturated rings. The number of hydrogen-bond acceptors (Lipinski definition) is 2. The molecule has 0 rings (SSSR count). The summed E-state index contributed by atoms with van der Waals surface area (Å²) in [6.07, 6.45) is 31.5. The van der Waals surface area contributed by atoms with Crippen LogP contribution in [0.3, 0.4) is 0 Å². The molecule has 0 aliphatic rings. The molecule has 0 aliphatic carbocycles. The van der Waals surface area contributed by atoms with Crippen molar-refractivity contribution in [3.63, 3.8) is 0 Å². The van der Waals surface area contributed by atoms with Crippen LogP contribution in [0.4, 0.5) is 0 Å². The van der Waals surface area contributed by atoms with Crippen molar-refractivity contribution >= 4 is 0 Å². The lowest BCUT2D eigenvalue weighted by molar-refractivity contribution is 0.0680. The van der Waals surface area contributed by atoms with Gasteiger partial charge in [0.2, 0.25) is 0 Å². The quantitative estimate of drug-likeness (QED) is 0.131. The number of aliphatic hydroxyl groups excluding tert-OH is 2. The average molecular weight is 441 g/mol. The van der Waals surface area contributed by atoms with Gasteiger partial charge in [-0.2, -0.15) is 0 Å². The molecular formula is C29H60O2. The lowest BCUT2D eigenvalue weighted by Crippen LogP contribution is -2.17. The standard InChI is InChI=1S/C29H60O2/c1-3-5-7-9-10-11-12-13-14-15-16-17-18-19-20-22-24-26-29(31)27-28(30)25-23-21-8-6-4-2/h28-31H,3-27H2,1-2H3/t28-,29+/m1/s1. The largest absolute Gasteiger partial charge is 0.393 e. The third-order valence-electron chi connectivity index (χ3n) is 6.83. The molecule has 0 aromatic heterocycles. The summed E-state index contributed by atoms with van der Waals surface area (Å²) in [5.41, 5.74) is 0. The second kappa shape index (κ2) is 26.2. The van der Waals surface area contributed by atoms with Gasteiger partial charge in [-0.1, -0.05) is 155 Å². The monoisotopic (exact) mass is 440 g/mol. The van der Waals surface area contributed by atoms with Gasteiger partial charge in [-0.25, -0.2) is 0 Å². The molecule has 2 atom stereocenters. The van der Waals surface area contributed by atoms with E-state index < -0.39 is 0 Å². The van der Waals surface area contributed by atoms with Crippen molar-refractivity contribution in [3.8, 4) is 0 Å². The van der Waals surface area contributed by atoms with Gasteiger partial charge in [0.15, 0.2) is 0 Å². The van der Waals surface area contributed by atoms with E-state index in [4.69, 9.17) is 0 Å². The third kappa shape index (κ3) is 26.1. The molecule has 0 heterocycles. The fourth-order valence-electron chi connectivity index (χ4n) is 4.64. The molecule has 0 unspecified atom stereocenters. The summed E-state index contributed by atoms with van der Waals surface area (Å²) in [6, 6.07) is 0. The van der Waals surface area contributed by atoms with Crippen LogP contribution in [0, 0.1) is 0 Å². The van der Waals surface area contributed by atoms with Gasteiger partial charge in [0, 0.05) is 0 Å². The van der Waals surface area contributed by atoms with E-state index in [1.165, 1.54) is 128 Å². The van der Waals surface area contributed by atoms with Crippen molar-refractivity contribution in [2.75, 3.05) is 0 Å². The molecule has 188 valence electrons. The summed E-state index contributed by atoms with van der Waals surface area (Å²) >= 11 is 0. The highest BCUT2D eigenvalue weighted by atomic mass is 16.3. The van der Waals surface area contributed by atoms with Crippen molar-refractivity contribution < 1.29 is 10.2 Å². The summed E-state index contributed by atoms with van der Waals surface area (Å²) in [4.78, 5) is 0. The molecule has 0 saturated carbocycles. The van der Waals surface area contributed by atoms with E-state index in [0.29, 0.717) is 6.42 Å². The molecule has 0 aromatic carbocycles. The second-order valence-electron chi connectivity index (χ2n) is 10.2. The van der Waals surface area contributed by atoms with Gasteiger partial charge >= 0.3 is 0 Å². The van der Waals surface area contributed by atoms with Crippen LogP contribution in [0.1, 0.15) is 174 Å². The molecule has 0 aromatic rings. The second-order valence-corrected chi connectivity index (χ2v) is 10.2. The predicted molar refractivity (Wildman–Crippen MR) is 139 cm³/mol. The minimum atomic E-state index is -0.304. The Kier molecular flexibility index (Phi) is 26.1. The zero-order chi connectivity index (χ0) is 22.8. The first-order chi connectivity index (χ1) is 15.2. The summed E-state index contributed by atoms with van der Waals surface area (Å²) in [5, 5.41) is 20.2. The van der Waals surface area contributed by atoms with Crippen LogP contribution in [0.5, 0.6) is 0 Å². The van der Waals surface area contributed by atoms with Gasteiger partial charge in [0.25, 0.3) is 0 Å². The smallest absolute Gasteiger partial charge is 0.0564 e. The van der Waals surface area contributed by atoms with E-state index in [1.54, 1.807) is 0 Å². The zero-order valence-electron chi connectivity index (χ0n) is 21.7. The molecule has 0 saturated heterocycles. The maximum atomic E-state index is 10.1. The highest BCUT2D eigenvalue weighted by molar-refractivity contribution is 4.64. The normalized spacial score (nSPS) is 13.5. The van der Waals surface area contributed by atoms with Crippen molar-refractivity contribution in [1.29, 1.82) is 0 Å². The summed E-state index contributed by atoms with van der Waals surface area (Å²) in [6.45, 7) is 4.52. The molecule has 31 heavy (non-hydrogen) atoms. The fraction of sp³-hybridized carbons (Fsp3) is 1.00. The molecule has 0 bridgehead atoms. The number of hydrogen-bond donors (Lipinski definition) is 2. The van der Waals surface area contributed by atoms with Crippen LogP contribution < -0.4 is 0 Å². The molecule has 2 heteroatoms. The minimum absolute atomic E-state index is 0.303. The van der Waals surface area contributed by atoms with Crippen LogP contribution >= 0.6 is 0 Å². The van der Waals surface area contributed by atoms with E-state index in [1.807, 2.05) is 0 Å². The lowest BCUT2D eigenvalue weighted by atomic mass is 10.00. The Hall–Kier alpha value is -0.0800. The molecular weight excluding hydrogens is 380 g/mol. The fourth-order valence-corrected chi connectivity index (χ4v) is 4.64. The first-order valence-corrected chi connectivity index (χ1v) is 14.6. The Balaban J connectivity index is 3.21. The molecule has 0 aliphatic heterocycles. The van der Waals surface area contributed by atoms with Gasteiger partial charge in [-0.05, 0) is 19.3 Å². The summed E-state index contributed by atoms with van der Waals surface area (Å²) in [7, 11) is 0. The minimum Gasteiger partial charge on any atom is -0.393 e. The van der Waals surface area contributed by atoms with Crippen molar-refractivity contribution in [1.82, 2.24) is 0 Å². The number of rotatable bonds is 26. The van der Waals surface area contributed by atoms with E-state index in [0.717, 1.165) is 25.7 Å². The van der Waals surface area contributed by atoms with Crippen molar-refractivity contribution in [2.45, 2.75) is 187 Å². The number of aliphatic hydroxyl groups is 2. The van der Waals surface area contributed by atoms with Crippen molar-refractivity contribution in [3.05, 3.63) is 0 Å². The molecule has 2 N–H and O–H groups in total. The highest BCUT2D eigenvalue weighted by Gasteiger charge is 2.11. The van der Waals surface area contributed by atoms with Crippen molar-refractivity contribution in [2.24, 2.45) is 0 Å². The zero-order valence-corrected chi connectivity index (χ0v) is 21.7. The van der Waals surface area contributed by atoms with Gasteiger partial charge < -0.3 is 10.2 Å². The van der Waals surface area contributed by atoms with E-state index >= 15 is 0 Å². The van der Waals surface area contributed by atoms with Gasteiger partial charge in [-0.3, -0.25) is 0 Å². The lowest BCUT2D eigenvalue weighted by Gasteiger charge is -2.15. The van der Waals surface area contributed by atoms with Crippen LogP contribution in [-0.4, -0.2) is 22.4 Å². The Bertz CT molecular complexity index is 318. The van der Waals surface area contributed by atoms with Gasteiger partial charge in [0.1, 0.15) is 0 Å². The van der Waals surface area contributed by atoms with E-state index in [2.05, 4.69) is 13.8 Å². The Labute approximate surface area is 197 Å². The van der Waals surface area contributed by atoms with Crippen LogP contribution in [0.25, 0.3) is 0 Å². The maximum Gasteiger partial charge on any atom is 0.0564 e. The topological polar surface area (TPSA) is 40.5 Å². The highest BCUT2D eigenvalue weighted by Crippen LogP contribution is 2.16. The third-order valence-corrected chi connectivity index (χ3v) is 6.83.